The smallest absolute Gasteiger partial charge is 0.135 e. The maximum Gasteiger partial charge on any atom is 0.135 e. The van der Waals surface area contributed by atoms with Crippen LogP contribution in [-0.4, -0.2) is 9.55 Å². The van der Waals surface area contributed by atoms with Gasteiger partial charge in [0.1, 0.15) is 5.82 Å². The Morgan fingerprint density at radius 1 is 0.622 bits per heavy atom. The van der Waals surface area contributed by atoms with Gasteiger partial charge in [-0.25, -0.2) is 4.98 Å². The molecule has 3 heterocycles. The quantitative estimate of drug-likeness (QED) is 0.121. The van der Waals surface area contributed by atoms with Crippen molar-refractivity contribution in [1.29, 1.82) is 0 Å². The molecule has 6 heteroatoms. The molecule has 0 N–H and O–H groups in total. The topological polar surface area (TPSA) is 33.5 Å². The first-order valence-electron chi connectivity index (χ1n) is 29.9. The molecule has 1 aliphatic rings. The molecule has 0 radical (unpaired) electrons. The number of rotatable bonds is 11. The minimum Gasteiger partial charge on any atom is -0.509 e. The summed E-state index contributed by atoms with van der Waals surface area (Å²) >= 11 is 0. The van der Waals surface area contributed by atoms with E-state index in [4.69, 9.17) is 16.6 Å². The summed E-state index contributed by atoms with van der Waals surface area (Å²) in [5.74, 6) is 0.266. The van der Waals surface area contributed by atoms with Crippen molar-refractivity contribution in [1.82, 2.24) is 9.55 Å². The van der Waals surface area contributed by atoms with Crippen LogP contribution in [0.2, 0.25) is 0 Å². The fourth-order valence-electron chi connectivity index (χ4n) is 9.64. The van der Waals surface area contributed by atoms with E-state index in [0.29, 0.717) is 39.2 Å². The second-order valence-corrected chi connectivity index (χ2v) is 22.9. The fourth-order valence-corrected chi connectivity index (χ4v) is 9.64. The molecule has 0 amide bonds. The van der Waals surface area contributed by atoms with Crippen molar-refractivity contribution in [3.63, 3.8) is 0 Å². The zero-order valence-electron chi connectivity index (χ0n) is 53.8. The van der Waals surface area contributed by atoms with Crippen molar-refractivity contribution in [2.45, 2.75) is 119 Å². The third-order valence-corrected chi connectivity index (χ3v) is 13.4. The second kappa shape index (κ2) is 20.4. The zero-order valence-corrected chi connectivity index (χ0v) is 47.1. The first-order chi connectivity index (χ1) is 38.3. The summed E-state index contributed by atoms with van der Waals surface area (Å²) < 4.78 is 91.1. The van der Waals surface area contributed by atoms with Crippen LogP contribution in [0.4, 0.5) is 22.7 Å². The molecule has 2 aromatic heterocycles. The number of ether oxygens (including phenoxy) is 1. The standard InChI is InChI=1S/C68H71N4O.Pt/c1-44(2)33-46-29-30-59-57(35-46)58-38-49(34-45(3)4)63(42-62(58)72(59)64-40-50(31-32-69-64)66(5,6)7)73-54-24-19-23-53(41-54)70-43-71(61-28-18-17-27-60(61)70)65-55(47-21-15-14-16-22-47)25-20-26-56(65)48-36-51(67(8,9)10)39-52(37-48)68(11,12)13;/h14-32,35-40,43-45H,33-34H2,1-13H3;/q-3;/i14D,15D,16D,21D,22D,33D2,34D2;. The van der Waals surface area contributed by atoms with Gasteiger partial charge in [0, 0.05) is 77.9 Å². The van der Waals surface area contributed by atoms with Gasteiger partial charge in [-0.3, -0.25) is 0 Å². The normalized spacial score (nSPS) is 15.2. The number of anilines is 4. The molecule has 0 fully saturated rings. The van der Waals surface area contributed by atoms with Crippen molar-refractivity contribution in [2.24, 2.45) is 11.8 Å². The third-order valence-electron chi connectivity index (χ3n) is 13.4. The molecule has 0 spiro atoms. The molecule has 7 aromatic carbocycles. The number of nitrogens with zero attached hydrogens (tertiary/aromatic N) is 4. The summed E-state index contributed by atoms with van der Waals surface area (Å²) in [7, 11) is 0. The van der Waals surface area contributed by atoms with Gasteiger partial charge >= 0.3 is 0 Å². The van der Waals surface area contributed by atoms with Crippen LogP contribution in [0.25, 0.3) is 49.9 Å². The van der Waals surface area contributed by atoms with Gasteiger partial charge in [-0.05, 0) is 97.6 Å². The molecule has 0 saturated carbocycles. The molecule has 382 valence electrons. The van der Waals surface area contributed by atoms with Crippen LogP contribution in [0.1, 0.15) is 130 Å². The third kappa shape index (κ3) is 10.5. The van der Waals surface area contributed by atoms with Gasteiger partial charge in [-0.2, -0.15) is 12.1 Å². The molecule has 5 nitrogen and oxygen atoms in total. The Labute approximate surface area is 468 Å². The van der Waals surface area contributed by atoms with Crippen molar-refractivity contribution < 1.29 is 38.1 Å². The summed E-state index contributed by atoms with van der Waals surface area (Å²) in [5.41, 5.74) is 9.76. The van der Waals surface area contributed by atoms with Gasteiger partial charge in [-0.1, -0.05) is 199 Å². The maximum absolute atomic E-state index is 9.65. The van der Waals surface area contributed by atoms with Crippen LogP contribution in [0.5, 0.6) is 11.5 Å². The van der Waals surface area contributed by atoms with Crippen molar-refractivity contribution in [2.75, 3.05) is 9.80 Å². The Morgan fingerprint density at radius 2 is 1.26 bits per heavy atom. The SMILES string of the molecule is [2H]c1c([2H])c([2H])c(-c2cccc(-c3cc(C(C)(C)C)cc(C(C)(C)C)c3)c2N2[CH-]N(c3[c-]c(Oc4[c-]c5c(cc4C([2H])([2H])C(C)C)c4cc(C([2H])([2H])C(C)C)ccc4n5-c4cc(C(C)(C)C)ccn4)ccc3)c3ccccc32)c([2H])c1[2H].[Pt]. The number of aromatic nitrogens is 2. The van der Waals surface area contributed by atoms with Crippen LogP contribution in [-0.2, 0) is 50.1 Å². The van der Waals surface area contributed by atoms with E-state index in [1.54, 1.807) is 12.3 Å². The molecular weight excluding hydrogens is 1080 g/mol. The summed E-state index contributed by atoms with van der Waals surface area (Å²) in [6.07, 6.45) is -1.78. The fraction of sp³-hybridized carbons (Fsp3) is 0.294. The molecule has 10 rings (SSSR count). The van der Waals surface area contributed by atoms with Gasteiger partial charge in [0.2, 0.25) is 0 Å². The van der Waals surface area contributed by atoms with Gasteiger partial charge in [0.15, 0.2) is 0 Å². The monoisotopic (exact) mass is 1160 g/mol. The first kappa shape index (κ1) is 41.9. The molecule has 1 aliphatic heterocycles. The Balaban J connectivity index is 0.00000828. The van der Waals surface area contributed by atoms with Crippen LogP contribution in [0.3, 0.4) is 0 Å². The van der Waals surface area contributed by atoms with Gasteiger partial charge in [-0.15, -0.1) is 47.6 Å². The predicted octanol–water partition coefficient (Wildman–Crippen LogP) is 18.6. The van der Waals surface area contributed by atoms with Crippen molar-refractivity contribution in [3.8, 4) is 39.6 Å². The molecule has 0 unspecified atom stereocenters. The molecule has 0 aliphatic carbocycles. The van der Waals surface area contributed by atoms with Crippen LogP contribution in [0, 0.1) is 30.6 Å². The number of hydrogen-bond acceptors (Lipinski definition) is 4. The molecule has 74 heavy (non-hydrogen) atoms. The molecule has 0 saturated heterocycles. The Hall–Kier alpha value is -6.42. The molecule has 9 aromatic rings. The zero-order chi connectivity index (χ0) is 59.5. The van der Waals surface area contributed by atoms with Gasteiger partial charge in [0.25, 0.3) is 0 Å². The van der Waals surface area contributed by atoms with E-state index in [1.165, 1.54) is 0 Å². The van der Waals surface area contributed by atoms with E-state index < -0.39 is 36.8 Å². The van der Waals surface area contributed by atoms with Gasteiger partial charge < -0.3 is 19.1 Å². The Kier molecular flexibility index (Phi) is 11.5. The average molecular weight is 1160 g/mol. The summed E-state index contributed by atoms with van der Waals surface area (Å²) in [5, 5.41) is 1.41. The molecule has 0 bridgehead atoms. The van der Waals surface area contributed by atoms with E-state index in [9.17, 15) is 5.48 Å². The number of pyridine rings is 1. The summed E-state index contributed by atoms with van der Waals surface area (Å²) in [4.78, 5) is 8.90. The van der Waals surface area contributed by atoms with E-state index in [2.05, 4.69) is 98.7 Å². The van der Waals surface area contributed by atoms with Crippen molar-refractivity contribution >= 4 is 44.6 Å². The summed E-state index contributed by atoms with van der Waals surface area (Å²) in [6.45, 7) is 28.9. The average Bonchev–Trinajstić information content (AvgIpc) is 3.10. The van der Waals surface area contributed by atoms with E-state index in [1.807, 2.05) is 134 Å². The number of para-hydroxylation sites is 3. The molecular formula is C68H71N4OPt-3. The largest absolute Gasteiger partial charge is 0.509 e. The number of hydrogen-bond donors (Lipinski definition) is 0. The van der Waals surface area contributed by atoms with E-state index in [0.717, 1.165) is 50.1 Å². The first-order valence-corrected chi connectivity index (χ1v) is 25.4. The number of fused-ring (bicyclic) bond motifs is 4. The second-order valence-electron chi connectivity index (χ2n) is 22.9. The maximum atomic E-state index is 9.65. The predicted molar refractivity (Wildman–Crippen MR) is 308 cm³/mol. The summed E-state index contributed by atoms with van der Waals surface area (Å²) in [6, 6.07) is 42.5. The van der Waals surface area contributed by atoms with Gasteiger partial charge in [0.05, 0.1) is 6.85 Å². The molecule has 0 atom stereocenters. The Bertz CT molecular complexity index is 3940. The minimum atomic E-state index is -1.92. The number of benzene rings is 7. The van der Waals surface area contributed by atoms with Crippen LogP contribution in [0.15, 0.2) is 152 Å². The Morgan fingerprint density at radius 3 is 1.91 bits per heavy atom. The van der Waals surface area contributed by atoms with E-state index in [-0.39, 0.29) is 77.9 Å². The van der Waals surface area contributed by atoms with Crippen LogP contribution >= 0.6 is 0 Å². The van der Waals surface area contributed by atoms with Crippen LogP contribution < -0.4 is 14.5 Å². The minimum absolute atomic E-state index is 0. The van der Waals surface area contributed by atoms with Crippen molar-refractivity contribution in [3.05, 3.63) is 198 Å². The van der Waals surface area contributed by atoms with E-state index >= 15 is 0 Å².